The molecule has 0 radical (unpaired) electrons. The molecule has 0 atom stereocenters. The van der Waals surface area contributed by atoms with Crippen LogP contribution >= 0.6 is 0 Å². The van der Waals surface area contributed by atoms with E-state index in [9.17, 15) is 4.79 Å². The number of carbonyl (C=O) groups is 1. The maximum atomic E-state index is 12.5. The fourth-order valence-electron chi connectivity index (χ4n) is 2.95. The number of benzene rings is 1. The lowest BCUT2D eigenvalue weighted by atomic mass is 10.1. The Balaban J connectivity index is 1.51. The van der Waals surface area contributed by atoms with Gasteiger partial charge in [-0.3, -0.25) is 14.9 Å². The molecule has 26 heavy (non-hydrogen) atoms. The van der Waals surface area contributed by atoms with Crippen LogP contribution in [0.1, 0.15) is 11.3 Å². The number of nitrogens with one attached hydrogen (secondary N) is 2. The lowest BCUT2D eigenvalue weighted by molar-refractivity contribution is -0.115. The van der Waals surface area contributed by atoms with Crippen molar-refractivity contribution in [3.05, 3.63) is 54.0 Å². The average Bonchev–Trinajstić information content (AvgIpc) is 3.02. The zero-order chi connectivity index (χ0) is 17.9. The van der Waals surface area contributed by atoms with Crippen LogP contribution in [0.5, 0.6) is 11.5 Å². The summed E-state index contributed by atoms with van der Waals surface area (Å²) in [6.07, 6.45) is 3.64. The van der Waals surface area contributed by atoms with Gasteiger partial charge in [-0.25, -0.2) is 0 Å². The van der Waals surface area contributed by atoms with Crippen molar-refractivity contribution in [2.24, 2.45) is 0 Å². The molecule has 0 bridgehead atoms. The van der Waals surface area contributed by atoms with Crippen molar-refractivity contribution >= 4 is 11.7 Å². The molecule has 4 rings (SSSR count). The fourth-order valence-corrected chi connectivity index (χ4v) is 2.95. The lowest BCUT2D eigenvalue weighted by Crippen LogP contribution is -2.17. The van der Waals surface area contributed by atoms with Gasteiger partial charge in [-0.05, 0) is 42.3 Å². The molecule has 1 amide bonds. The van der Waals surface area contributed by atoms with Crippen LogP contribution in [0.3, 0.4) is 0 Å². The van der Waals surface area contributed by atoms with E-state index < -0.39 is 0 Å². The monoisotopic (exact) mass is 350 g/mol. The van der Waals surface area contributed by atoms with Crippen molar-refractivity contribution in [2.75, 3.05) is 18.5 Å². The number of hydrogen-bond donors (Lipinski definition) is 2. The highest BCUT2D eigenvalue weighted by atomic mass is 16.6. The van der Waals surface area contributed by atoms with Crippen LogP contribution in [0.25, 0.3) is 11.1 Å². The molecule has 2 N–H and O–H groups in total. The van der Waals surface area contributed by atoms with E-state index >= 15 is 0 Å². The first kappa shape index (κ1) is 16.1. The van der Waals surface area contributed by atoms with Crippen LogP contribution in [-0.2, 0) is 11.2 Å². The Hall–Kier alpha value is -3.35. The second-order valence-electron chi connectivity index (χ2n) is 6.01. The summed E-state index contributed by atoms with van der Waals surface area (Å²) in [5, 5.41) is 10.0. The minimum Gasteiger partial charge on any atom is -0.486 e. The topological polar surface area (TPSA) is 89.1 Å². The molecule has 0 spiro atoms. The van der Waals surface area contributed by atoms with E-state index in [1.807, 2.05) is 37.3 Å². The zero-order valence-electron chi connectivity index (χ0n) is 14.3. The Bertz CT molecular complexity index is 937. The minimum absolute atomic E-state index is 0.150. The molecule has 7 nitrogen and oxygen atoms in total. The molecule has 1 aliphatic heterocycles. The molecule has 2 aromatic heterocycles. The first-order chi connectivity index (χ1) is 12.7. The van der Waals surface area contributed by atoms with E-state index in [1.165, 1.54) is 0 Å². The number of anilines is 1. The maximum Gasteiger partial charge on any atom is 0.230 e. The van der Waals surface area contributed by atoms with Crippen molar-refractivity contribution < 1.29 is 14.3 Å². The van der Waals surface area contributed by atoms with E-state index in [4.69, 9.17) is 9.47 Å². The van der Waals surface area contributed by atoms with Gasteiger partial charge in [-0.15, -0.1) is 0 Å². The van der Waals surface area contributed by atoms with Gasteiger partial charge >= 0.3 is 0 Å². The second-order valence-corrected chi connectivity index (χ2v) is 6.01. The molecular weight excluding hydrogens is 332 g/mol. The molecule has 7 heteroatoms. The third-order valence-electron chi connectivity index (χ3n) is 4.15. The molecule has 0 fully saturated rings. The number of aromatic amines is 1. The first-order valence-corrected chi connectivity index (χ1v) is 8.34. The molecular formula is C19H18N4O3. The number of ether oxygens (including phenoxy) is 2. The standard InChI is InChI=1S/C19H18N4O3/c1-12-18(14-4-6-20-7-5-14)19(23-22-12)21-17(24)11-13-2-3-15-16(10-13)26-9-8-25-15/h2-7,10H,8-9,11H2,1H3,(H2,21,22,23,24). The summed E-state index contributed by atoms with van der Waals surface area (Å²) in [5.41, 5.74) is 3.54. The van der Waals surface area contributed by atoms with Gasteiger partial charge in [0.15, 0.2) is 17.3 Å². The van der Waals surface area contributed by atoms with Gasteiger partial charge in [0.25, 0.3) is 0 Å². The number of amides is 1. The normalized spacial score (nSPS) is 12.7. The van der Waals surface area contributed by atoms with Crippen LogP contribution in [0, 0.1) is 6.92 Å². The third kappa shape index (κ3) is 3.23. The summed E-state index contributed by atoms with van der Waals surface area (Å²) in [5.74, 6) is 1.75. The summed E-state index contributed by atoms with van der Waals surface area (Å²) >= 11 is 0. The number of H-pyrrole nitrogens is 1. The highest BCUT2D eigenvalue weighted by Crippen LogP contribution is 2.31. The van der Waals surface area contributed by atoms with Crippen molar-refractivity contribution in [1.82, 2.24) is 15.2 Å². The van der Waals surface area contributed by atoms with Crippen LogP contribution in [0.15, 0.2) is 42.7 Å². The number of carbonyl (C=O) groups excluding carboxylic acids is 1. The van der Waals surface area contributed by atoms with Crippen LogP contribution in [-0.4, -0.2) is 34.3 Å². The van der Waals surface area contributed by atoms with Crippen LogP contribution in [0.4, 0.5) is 5.82 Å². The molecule has 0 aliphatic carbocycles. The number of aromatic nitrogens is 3. The Morgan fingerprint density at radius 3 is 2.73 bits per heavy atom. The van der Waals surface area contributed by atoms with E-state index in [2.05, 4.69) is 20.5 Å². The molecule has 0 unspecified atom stereocenters. The predicted octanol–water partition coefficient (Wildman–Crippen LogP) is 2.73. The maximum absolute atomic E-state index is 12.5. The first-order valence-electron chi connectivity index (χ1n) is 8.34. The highest BCUT2D eigenvalue weighted by molar-refractivity contribution is 5.95. The Morgan fingerprint density at radius 2 is 1.92 bits per heavy atom. The zero-order valence-corrected chi connectivity index (χ0v) is 14.3. The highest BCUT2D eigenvalue weighted by Gasteiger charge is 2.17. The van der Waals surface area contributed by atoms with Crippen molar-refractivity contribution in [3.63, 3.8) is 0 Å². The number of pyridine rings is 1. The SMILES string of the molecule is Cc1[nH]nc(NC(=O)Cc2ccc3c(c2)OCCO3)c1-c1ccncc1. The summed E-state index contributed by atoms with van der Waals surface area (Å²) < 4.78 is 11.1. The van der Waals surface area contributed by atoms with Gasteiger partial charge in [0.1, 0.15) is 13.2 Å². The van der Waals surface area contributed by atoms with Gasteiger partial charge in [-0.1, -0.05) is 6.07 Å². The lowest BCUT2D eigenvalue weighted by Gasteiger charge is -2.18. The number of hydrogen-bond acceptors (Lipinski definition) is 5. The molecule has 1 aromatic carbocycles. The second kappa shape index (κ2) is 6.87. The number of rotatable bonds is 4. The average molecular weight is 350 g/mol. The largest absolute Gasteiger partial charge is 0.486 e. The molecule has 0 saturated carbocycles. The number of nitrogens with zero attached hydrogens (tertiary/aromatic N) is 2. The van der Waals surface area contributed by atoms with Crippen LogP contribution in [0.2, 0.25) is 0 Å². The Morgan fingerprint density at radius 1 is 1.15 bits per heavy atom. The summed E-state index contributed by atoms with van der Waals surface area (Å²) in [6, 6.07) is 9.31. The molecule has 1 aliphatic rings. The number of aryl methyl sites for hydroxylation is 1. The molecule has 3 aromatic rings. The third-order valence-corrected chi connectivity index (χ3v) is 4.15. The number of fused-ring (bicyclic) bond motifs is 1. The van der Waals surface area contributed by atoms with Gasteiger partial charge in [0.05, 0.1) is 6.42 Å². The van der Waals surface area contributed by atoms with E-state index in [0.717, 1.165) is 22.4 Å². The Labute approximate surface area is 150 Å². The van der Waals surface area contributed by atoms with Gasteiger partial charge in [0, 0.05) is 23.7 Å². The Kier molecular flexibility index (Phi) is 4.27. The quantitative estimate of drug-likeness (QED) is 0.755. The fraction of sp³-hybridized carbons (Fsp3) is 0.211. The summed E-state index contributed by atoms with van der Waals surface area (Å²) in [4.78, 5) is 16.5. The van der Waals surface area contributed by atoms with Crippen LogP contribution < -0.4 is 14.8 Å². The van der Waals surface area contributed by atoms with Gasteiger partial charge in [0.2, 0.25) is 5.91 Å². The van der Waals surface area contributed by atoms with E-state index in [1.54, 1.807) is 12.4 Å². The predicted molar refractivity (Wildman–Crippen MR) is 96.3 cm³/mol. The molecule has 0 saturated heterocycles. The van der Waals surface area contributed by atoms with E-state index in [0.29, 0.717) is 30.5 Å². The summed E-state index contributed by atoms with van der Waals surface area (Å²) in [6.45, 7) is 2.98. The molecule has 132 valence electrons. The smallest absolute Gasteiger partial charge is 0.230 e. The van der Waals surface area contributed by atoms with Gasteiger partial charge in [-0.2, -0.15) is 5.10 Å². The van der Waals surface area contributed by atoms with Crippen molar-refractivity contribution in [3.8, 4) is 22.6 Å². The minimum atomic E-state index is -0.150. The molecule has 3 heterocycles. The van der Waals surface area contributed by atoms with Crippen molar-refractivity contribution in [2.45, 2.75) is 13.3 Å². The van der Waals surface area contributed by atoms with Crippen molar-refractivity contribution in [1.29, 1.82) is 0 Å². The van der Waals surface area contributed by atoms with E-state index in [-0.39, 0.29) is 12.3 Å². The summed E-state index contributed by atoms with van der Waals surface area (Å²) in [7, 11) is 0. The van der Waals surface area contributed by atoms with Gasteiger partial charge < -0.3 is 14.8 Å².